The number of esters is 1. The lowest BCUT2D eigenvalue weighted by molar-refractivity contribution is 0.0520. The smallest absolute Gasteiger partial charge is 0.358 e. The molecule has 0 unspecified atom stereocenters. The lowest BCUT2D eigenvalue weighted by Crippen LogP contribution is -2.04. The third-order valence-corrected chi connectivity index (χ3v) is 3.25. The number of nitrogens with zero attached hydrogens (tertiary/aromatic N) is 3. The molecule has 3 aromatic rings. The van der Waals surface area contributed by atoms with E-state index in [-0.39, 0.29) is 5.69 Å². The zero-order chi connectivity index (χ0) is 14.3. The summed E-state index contributed by atoms with van der Waals surface area (Å²) in [5, 5.41) is 1.38. The van der Waals surface area contributed by atoms with Gasteiger partial charge in [0.05, 0.1) is 6.61 Å². The summed E-state index contributed by atoms with van der Waals surface area (Å²) in [6.07, 6.45) is 1.62. The number of aromatic nitrogens is 3. The number of pyridine rings is 2. The number of aryl methyl sites for hydroxylation is 1. The van der Waals surface area contributed by atoms with Crippen LogP contribution in [0.4, 0.5) is 0 Å². The van der Waals surface area contributed by atoms with Crippen molar-refractivity contribution in [3.05, 3.63) is 40.8 Å². The van der Waals surface area contributed by atoms with Crippen molar-refractivity contribution in [2.45, 2.75) is 13.8 Å². The van der Waals surface area contributed by atoms with E-state index in [1.54, 1.807) is 23.6 Å². The van der Waals surface area contributed by atoms with Gasteiger partial charge in [0.2, 0.25) is 0 Å². The van der Waals surface area contributed by atoms with Gasteiger partial charge in [0.15, 0.2) is 5.69 Å². The molecular weight excluding hydrogens is 278 g/mol. The minimum absolute atomic E-state index is 0.263. The van der Waals surface area contributed by atoms with E-state index < -0.39 is 5.97 Å². The molecule has 0 aliphatic heterocycles. The number of halogens is 1. The highest BCUT2D eigenvalue weighted by atomic mass is 35.5. The lowest BCUT2D eigenvalue weighted by Gasteiger charge is -2.04. The average molecular weight is 290 g/mol. The second kappa shape index (κ2) is 4.76. The fourth-order valence-corrected chi connectivity index (χ4v) is 2.40. The molecule has 0 radical (unpaired) electrons. The number of hydrogen-bond donors (Lipinski definition) is 0. The Balaban J connectivity index is 2.28. The molecule has 20 heavy (non-hydrogen) atoms. The number of imidazole rings is 1. The summed E-state index contributed by atoms with van der Waals surface area (Å²) >= 11 is 6.01. The van der Waals surface area contributed by atoms with Crippen LogP contribution in [0.5, 0.6) is 0 Å². The molecule has 0 aromatic carbocycles. The minimum atomic E-state index is -0.442. The van der Waals surface area contributed by atoms with Crippen molar-refractivity contribution < 1.29 is 9.53 Å². The maximum atomic E-state index is 11.7. The third kappa shape index (κ3) is 2.00. The zero-order valence-corrected chi connectivity index (χ0v) is 11.8. The standard InChI is InChI=1S/C14H12ClN3O2/c1-3-20-14(19)10-7-18-12(16-10)5-4-9-8(2)6-11(15)17-13(9)18/h4-7H,3H2,1-2H3. The first-order chi connectivity index (χ1) is 9.60. The fourth-order valence-electron chi connectivity index (χ4n) is 2.16. The van der Waals surface area contributed by atoms with Crippen LogP contribution in [0.1, 0.15) is 23.0 Å². The van der Waals surface area contributed by atoms with Crippen LogP contribution in [0.25, 0.3) is 16.7 Å². The van der Waals surface area contributed by atoms with E-state index >= 15 is 0 Å². The maximum Gasteiger partial charge on any atom is 0.358 e. The van der Waals surface area contributed by atoms with Crippen LogP contribution in [0, 0.1) is 6.92 Å². The summed E-state index contributed by atoms with van der Waals surface area (Å²) in [4.78, 5) is 20.3. The van der Waals surface area contributed by atoms with Crippen LogP contribution in [-0.4, -0.2) is 26.9 Å². The molecule has 0 aliphatic carbocycles. The van der Waals surface area contributed by atoms with Gasteiger partial charge >= 0.3 is 5.97 Å². The molecule has 0 amide bonds. The Bertz CT molecular complexity index is 826. The monoisotopic (exact) mass is 289 g/mol. The van der Waals surface area contributed by atoms with Gasteiger partial charge in [-0.1, -0.05) is 11.6 Å². The molecule has 0 aliphatic rings. The summed E-state index contributed by atoms with van der Waals surface area (Å²) in [7, 11) is 0. The van der Waals surface area contributed by atoms with Gasteiger partial charge in [-0.05, 0) is 37.6 Å². The Morgan fingerprint density at radius 3 is 2.95 bits per heavy atom. The molecule has 0 atom stereocenters. The second-order valence-electron chi connectivity index (χ2n) is 4.41. The highest BCUT2D eigenvalue weighted by Crippen LogP contribution is 2.22. The zero-order valence-electron chi connectivity index (χ0n) is 11.1. The van der Waals surface area contributed by atoms with Gasteiger partial charge < -0.3 is 4.74 Å². The van der Waals surface area contributed by atoms with E-state index in [9.17, 15) is 4.79 Å². The summed E-state index contributed by atoms with van der Waals surface area (Å²) < 4.78 is 6.71. The van der Waals surface area contributed by atoms with E-state index in [2.05, 4.69) is 9.97 Å². The van der Waals surface area contributed by atoms with Crippen LogP contribution in [0.2, 0.25) is 5.15 Å². The third-order valence-electron chi connectivity index (χ3n) is 3.06. The summed E-state index contributed by atoms with van der Waals surface area (Å²) in [5.41, 5.74) is 2.59. The van der Waals surface area contributed by atoms with Gasteiger partial charge in [-0.15, -0.1) is 0 Å². The molecule has 0 spiro atoms. The molecule has 0 saturated heterocycles. The number of carbonyl (C=O) groups is 1. The van der Waals surface area contributed by atoms with E-state index in [4.69, 9.17) is 16.3 Å². The van der Waals surface area contributed by atoms with Crippen molar-refractivity contribution in [1.29, 1.82) is 0 Å². The molecule has 0 N–H and O–H groups in total. The summed E-state index contributed by atoms with van der Waals surface area (Å²) in [6.45, 7) is 4.04. The Hall–Kier alpha value is -2.14. The Kier molecular flexibility index (Phi) is 3.06. The summed E-state index contributed by atoms with van der Waals surface area (Å²) in [6, 6.07) is 5.57. The lowest BCUT2D eigenvalue weighted by atomic mass is 10.2. The molecule has 6 heteroatoms. The topological polar surface area (TPSA) is 56.5 Å². The van der Waals surface area contributed by atoms with Gasteiger partial charge in [-0.2, -0.15) is 0 Å². The molecule has 102 valence electrons. The van der Waals surface area contributed by atoms with Gasteiger partial charge in [0.1, 0.15) is 16.4 Å². The Labute approximate surface area is 120 Å². The van der Waals surface area contributed by atoms with Gasteiger partial charge in [-0.25, -0.2) is 14.8 Å². The van der Waals surface area contributed by atoms with E-state index in [1.165, 1.54) is 0 Å². The number of fused-ring (bicyclic) bond motifs is 3. The van der Waals surface area contributed by atoms with E-state index in [0.29, 0.717) is 23.1 Å². The van der Waals surface area contributed by atoms with Crippen LogP contribution < -0.4 is 0 Å². The first-order valence-corrected chi connectivity index (χ1v) is 6.60. The molecule has 0 saturated carbocycles. The van der Waals surface area contributed by atoms with Crippen molar-refractivity contribution in [3.8, 4) is 0 Å². The van der Waals surface area contributed by atoms with Crippen LogP contribution >= 0.6 is 11.6 Å². The van der Waals surface area contributed by atoms with Crippen molar-refractivity contribution >= 4 is 34.3 Å². The summed E-state index contributed by atoms with van der Waals surface area (Å²) in [5.74, 6) is -0.442. The van der Waals surface area contributed by atoms with E-state index in [0.717, 1.165) is 10.9 Å². The number of rotatable bonds is 2. The number of carbonyl (C=O) groups excluding carboxylic acids is 1. The molecule has 3 rings (SSSR count). The quantitative estimate of drug-likeness (QED) is 0.537. The van der Waals surface area contributed by atoms with Crippen molar-refractivity contribution in [1.82, 2.24) is 14.4 Å². The maximum absolute atomic E-state index is 11.7. The van der Waals surface area contributed by atoms with Crippen LogP contribution in [0.15, 0.2) is 24.4 Å². The van der Waals surface area contributed by atoms with Crippen molar-refractivity contribution in [2.75, 3.05) is 6.61 Å². The molecule has 0 bridgehead atoms. The molecule has 3 heterocycles. The van der Waals surface area contributed by atoms with Crippen LogP contribution in [0.3, 0.4) is 0 Å². The molecule has 3 aromatic heterocycles. The second-order valence-corrected chi connectivity index (χ2v) is 4.79. The Morgan fingerprint density at radius 2 is 2.20 bits per heavy atom. The normalized spacial score (nSPS) is 11.2. The Morgan fingerprint density at radius 1 is 1.40 bits per heavy atom. The number of ether oxygens (including phenoxy) is 1. The number of hydrogen-bond acceptors (Lipinski definition) is 4. The molecule has 0 fully saturated rings. The van der Waals surface area contributed by atoms with Crippen molar-refractivity contribution in [2.24, 2.45) is 0 Å². The first kappa shape index (κ1) is 12.9. The van der Waals surface area contributed by atoms with Crippen molar-refractivity contribution in [3.63, 3.8) is 0 Å². The molecule has 5 nitrogen and oxygen atoms in total. The van der Waals surface area contributed by atoms with Gasteiger partial charge in [0.25, 0.3) is 0 Å². The fraction of sp³-hybridized carbons (Fsp3) is 0.214. The van der Waals surface area contributed by atoms with Gasteiger partial charge in [0, 0.05) is 11.6 Å². The highest BCUT2D eigenvalue weighted by molar-refractivity contribution is 6.29. The molecular formula is C14H12ClN3O2. The first-order valence-electron chi connectivity index (χ1n) is 6.22. The van der Waals surface area contributed by atoms with E-state index in [1.807, 2.05) is 19.1 Å². The highest BCUT2D eigenvalue weighted by Gasteiger charge is 2.14. The SMILES string of the molecule is CCOC(=O)c1cn2c(ccc3c(C)cc(Cl)nc32)n1. The van der Waals surface area contributed by atoms with Gasteiger partial charge in [-0.3, -0.25) is 4.40 Å². The average Bonchev–Trinajstić information content (AvgIpc) is 2.83. The largest absolute Gasteiger partial charge is 0.461 e. The minimum Gasteiger partial charge on any atom is -0.461 e. The predicted octanol–water partition coefficient (Wildman–Crippen LogP) is 3.02. The van der Waals surface area contributed by atoms with Crippen LogP contribution in [-0.2, 0) is 4.74 Å². The predicted molar refractivity (Wildman–Crippen MR) is 76.2 cm³/mol.